The van der Waals surface area contributed by atoms with Crippen LogP contribution >= 0.6 is 0 Å². The Morgan fingerprint density at radius 1 is 1.21 bits per heavy atom. The van der Waals surface area contributed by atoms with Crippen LogP contribution in [0.3, 0.4) is 0 Å². The summed E-state index contributed by atoms with van der Waals surface area (Å²) < 4.78 is 39.5. The molecule has 2 aliphatic rings. The number of aryl methyl sites for hydroxylation is 1. The molecule has 1 saturated carbocycles. The number of benzene rings is 2. The fraction of sp³-hybridized carbons (Fsp3) is 0.304. The maximum Gasteiger partial charge on any atom is 0.265 e. The summed E-state index contributed by atoms with van der Waals surface area (Å²) in [5.41, 5.74) is 1.68. The van der Waals surface area contributed by atoms with E-state index in [0.717, 1.165) is 12.8 Å². The number of hydrogen-bond acceptors (Lipinski definition) is 8. The molecule has 176 valence electrons. The zero-order valence-corrected chi connectivity index (χ0v) is 19.4. The van der Waals surface area contributed by atoms with Gasteiger partial charge in [0.05, 0.1) is 17.1 Å². The standard InChI is InChI=1S/C23H22N4O6S/c1-13-9-18-19(10-20(13)34(30,31)26-17-7-5-15(6-8-17)14(2)28)32-12-22(29)27(18)11-21-24-23(33-25-21)16-3-4-16/h5-10,16,26H,3-4,11-12H2,1-2H3. The number of Topliss-reactive ketones (excluding diaryl/α,β-unsaturated/α-hetero) is 1. The van der Waals surface area contributed by atoms with E-state index in [9.17, 15) is 18.0 Å². The Kier molecular flexibility index (Phi) is 5.35. The molecule has 1 amide bonds. The summed E-state index contributed by atoms with van der Waals surface area (Å²) in [6, 6.07) is 9.17. The van der Waals surface area contributed by atoms with Crippen molar-refractivity contribution in [2.45, 2.75) is 44.0 Å². The molecular formula is C23H22N4O6S. The van der Waals surface area contributed by atoms with Gasteiger partial charge in [0.1, 0.15) is 5.75 Å². The van der Waals surface area contributed by atoms with Crippen LogP contribution in [0.5, 0.6) is 5.75 Å². The Bertz CT molecular complexity index is 1390. The first-order chi connectivity index (χ1) is 16.2. The highest BCUT2D eigenvalue weighted by Gasteiger charge is 2.32. The quantitative estimate of drug-likeness (QED) is 0.508. The molecule has 0 radical (unpaired) electrons. The number of sulfonamides is 1. The summed E-state index contributed by atoms with van der Waals surface area (Å²) in [5.74, 6) is 1.13. The normalized spacial score (nSPS) is 15.6. The van der Waals surface area contributed by atoms with Crippen LogP contribution < -0.4 is 14.4 Å². The van der Waals surface area contributed by atoms with Gasteiger partial charge in [-0.2, -0.15) is 4.98 Å². The molecule has 0 bridgehead atoms. The fourth-order valence-corrected chi connectivity index (χ4v) is 5.05. The lowest BCUT2D eigenvalue weighted by Crippen LogP contribution is -2.38. The van der Waals surface area contributed by atoms with Crippen LogP contribution in [-0.2, 0) is 21.4 Å². The van der Waals surface area contributed by atoms with E-state index in [2.05, 4.69) is 14.9 Å². The maximum atomic E-state index is 13.1. The van der Waals surface area contributed by atoms with Gasteiger partial charge in [-0.1, -0.05) is 5.16 Å². The molecule has 0 saturated heterocycles. The highest BCUT2D eigenvalue weighted by molar-refractivity contribution is 7.92. The first-order valence-corrected chi connectivity index (χ1v) is 12.2. The van der Waals surface area contributed by atoms with Crippen LogP contribution in [-0.4, -0.2) is 36.9 Å². The smallest absolute Gasteiger partial charge is 0.265 e. The average molecular weight is 483 g/mol. The number of nitrogens with zero attached hydrogens (tertiary/aromatic N) is 3. The summed E-state index contributed by atoms with van der Waals surface area (Å²) in [4.78, 5) is 29.9. The molecule has 0 spiro atoms. The second-order valence-corrected chi connectivity index (χ2v) is 10.1. The molecular weight excluding hydrogens is 460 g/mol. The Morgan fingerprint density at radius 3 is 2.62 bits per heavy atom. The Balaban J connectivity index is 1.42. The second kappa shape index (κ2) is 8.24. The van der Waals surface area contributed by atoms with Crippen molar-refractivity contribution in [1.82, 2.24) is 10.1 Å². The molecule has 11 heteroatoms. The van der Waals surface area contributed by atoms with E-state index in [-0.39, 0.29) is 35.5 Å². The van der Waals surface area contributed by atoms with E-state index < -0.39 is 10.0 Å². The van der Waals surface area contributed by atoms with Crippen LogP contribution in [0.2, 0.25) is 0 Å². The summed E-state index contributed by atoms with van der Waals surface area (Å²) in [7, 11) is -3.96. The van der Waals surface area contributed by atoms with Crippen LogP contribution in [0, 0.1) is 6.92 Å². The van der Waals surface area contributed by atoms with E-state index in [1.165, 1.54) is 30.0 Å². The number of amides is 1. The maximum absolute atomic E-state index is 13.1. The number of fused-ring (bicyclic) bond motifs is 1. The zero-order valence-electron chi connectivity index (χ0n) is 18.6. The number of hydrogen-bond donors (Lipinski definition) is 1. The van der Waals surface area contributed by atoms with Crippen LogP contribution in [0.25, 0.3) is 0 Å². The number of ketones is 1. The van der Waals surface area contributed by atoms with Crippen molar-refractivity contribution in [3.63, 3.8) is 0 Å². The van der Waals surface area contributed by atoms with Crippen molar-refractivity contribution >= 4 is 33.1 Å². The lowest BCUT2D eigenvalue weighted by Gasteiger charge is -2.29. The van der Waals surface area contributed by atoms with Gasteiger partial charge < -0.3 is 9.26 Å². The number of nitrogens with one attached hydrogen (secondary N) is 1. The van der Waals surface area contributed by atoms with Crippen molar-refractivity contribution in [3.8, 4) is 5.75 Å². The third-order valence-electron chi connectivity index (χ3n) is 5.74. The molecule has 1 fully saturated rings. The number of aromatic nitrogens is 2. The predicted molar refractivity (Wildman–Crippen MR) is 121 cm³/mol. The largest absolute Gasteiger partial charge is 0.482 e. The van der Waals surface area contributed by atoms with E-state index in [4.69, 9.17) is 9.26 Å². The second-order valence-electron chi connectivity index (χ2n) is 8.42. The van der Waals surface area contributed by atoms with Crippen molar-refractivity contribution in [2.24, 2.45) is 0 Å². The fourth-order valence-electron chi connectivity index (χ4n) is 3.75. The van der Waals surface area contributed by atoms with Gasteiger partial charge in [0.2, 0.25) is 5.89 Å². The van der Waals surface area contributed by atoms with Crippen molar-refractivity contribution in [3.05, 3.63) is 59.2 Å². The molecule has 3 aromatic rings. The van der Waals surface area contributed by atoms with Crippen LogP contribution in [0.1, 0.15) is 53.3 Å². The molecule has 0 atom stereocenters. The summed E-state index contributed by atoms with van der Waals surface area (Å²) in [6.07, 6.45) is 2.04. The Labute approximate surface area is 196 Å². The summed E-state index contributed by atoms with van der Waals surface area (Å²) in [5, 5.41) is 3.97. The van der Waals surface area contributed by atoms with Gasteiger partial charge in [0, 0.05) is 23.2 Å². The third kappa shape index (κ3) is 4.26. The van der Waals surface area contributed by atoms with Crippen molar-refractivity contribution < 1.29 is 27.3 Å². The van der Waals surface area contributed by atoms with Gasteiger partial charge in [-0.15, -0.1) is 0 Å². The Morgan fingerprint density at radius 2 is 1.94 bits per heavy atom. The number of carbonyl (C=O) groups excluding carboxylic acids is 2. The first kappa shape index (κ1) is 22.1. The highest BCUT2D eigenvalue weighted by Crippen LogP contribution is 2.40. The number of anilines is 2. The zero-order chi connectivity index (χ0) is 24.0. The van der Waals surface area contributed by atoms with E-state index in [1.807, 2.05) is 0 Å². The third-order valence-corrected chi connectivity index (χ3v) is 7.27. The predicted octanol–water partition coefficient (Wildman–Crippen LogP) is 3.18. The summed E-state index contributed by atoms with van der Waals surface area (Å²) in [6.45, 7) is 2.94. The molecule has 1 aliphatic carbocycles. The minimum Gasteiger partial charge on any atom is -0.482 e. The van der Waals surface area contributed by atoms with E-state index in [0.29, 0.717) is 40.1 Å². The van der Waals surface area contributed by atoms with Crippen molar-refractivity contribution in [2.75, 3.05) is 16.2 Å². The molecule has 1 aromatic heterocycles. The Hall–Kier alpha value is -3.73. The molecule has 5 rings (SSSR count). The molecule has 10 nitrogen and oxygen atoms in total. The molecule has 2 heterocycles. The van der Waals surface area contributed by atoms with Gasteiger partial charge in [-0.05, 0) is 62.6 Å². The van der Waals surface area contributed by atoms with Crippen LogP contribution in [0.15, 0.2) is 45.8 Å². The lowest BCUT2D eigenvalue weighted by molar-refractivity contribution is -0.121. The monoisotopic (exact) mass is 482 g/mol. The van der Waals surface area contributed by atoms with E-state index in [1.54, 1.807) is 25.1 Å². The molecule has 2 aromatic carbocycles. The molecule has 0 unspecified atom stereocenters. The lowest BCUT2D eigenvalue weighted by atomic mass is 10.1. The minimum absolute atomic E-state index is 0.0202. The highest BCUT2D eigenvalue weighted by atomic mass is 32.2. The average Bonchev–Trinajstić information content (AvgIpc) is 3.54. The summed E-state index contributed by atoms with van der Waals surface area (Å²) >= 11 is 0. The number of rotatable bonds is 7. The number of ether oxygens (including phenoxy) is 1. The SMILES string of the molecule is CC(=O)c1ccc(NS(=O)(=O)c2cc3c(cc2C)N(Cc2noc(C4CC4)n2)C(=O)CO3)cc1. The van der Waals surface area contributed by atoms with Gasteiger partial charge in [-0.3, -0.25) is 19.2 Å². The van der Waals surface area contributed by atoms with Gasteiger partial charge >= 0.3 is 0 Å². The van der Waals surface area contributed by atoms with Crippen LogP contribution in [0.4, 0.5) is 11.4 Å². The van der Waals surface area contributed by atoms with Gasteiger partial charge in [-0.25, -0.2) is 8.42 Å². The number of carbonyl (C=O) groups is 2. The molecule has 1 N–H and O–H groups in total. The first-order valence-electron chi connectivity index (χ1n) is 10.8. The van der Waals surface area contributed by atoms with Gasteiger partial charge in [0.15, 0.2) is 18.2 Å². The minimum atomic E-state index is -3.96. The van der Waals surface area contributed by atoms with Gasteiger partial charge in [0.25, 0.3) is 15.9 Å². The van der Waals surface area contributed by atoms with E-state index >= 15 is 0 Å². The molecule has 34 heavy (non-hydrogen) atoms. The molecule has 1 aliphatic heterocycles. The van der Waals surface area contributed by atoms with Crippen molar-refractivity contribution in [1.29, 1.82) is 0 Å². The topological polar surface area (TPSA) is 132 Å².